The standard InChI is InChI=1S/C18H18FN3O5S/c1-22(10-17(23)20-9-12-2-4-13(19)5-3-12)28(25,26)14-6-7-16-15(8-14)21-18(24)11-27-16/h2-8H,9-11H2,1H3,(H,20,23)(H,21,24). The van der Waals surface area contributed by atoms with E-state index in [1.54, 1.807) is 0 Å². The van der Waals surface area contributed by atoms with Crippen LogP contribution in [-0.2, 0) is 26.2 Å². The molecule has 10 heteroatoms. The number of likely N-dealkylation sites (N-methyl/N-ethyl adjacent to an activating group) is 1. The maximum Gasteiger partial charge on any atom is 0.262 e. The van der Waals surface area contributed by atoms with E-state index in [0.29, 0.717) is 11.3 Å². The van der Waals surface area contributed by atoms with Gasteiger partial charge in [0, 0.05) is 13.6 Å². The fourth-order valence-electron chi connectivity index (χ4n) is 2.55. The second-order valence-electron chi connectivity index (χ2n) is 6.16. The van der Waals surface area contributed by atoms with Crippen LogP contribution in [-0.4, -0.2) is 44.7 Å². The maximum absolute atomic E-state index is 12.9. The SMILES string of the molecule is CN(CC(=O)NCc1ccc(F)cc1)S(=O)(=O)c1ccc2c(c1)NC(=O)CO2. The zero-order chi connectivity index (χ0) is 20.3. The van der Waals surface area contributed by atoms with E-state index in [-0.39, 0.29) is 35.5 Å². The number of sulfonamides is 1. The predicted octanol–water partition coefficient (Wildman–Crippen LogP) is 1.09. The Balaban J connectivity index is 1.64. The molecule has 1 heterocycles. The minimum absolute atomic E-state index is 0.0779. The number of rotatable bonds is 6. The molecule has 0 aliphatic carbocycles. The zero-order valence-corrected chi connectivity index (χ0v) is 15.8. The van der Waals surface area contributed by atoms with Crippen LogP contribution in [0, 0.1) is 5.82 Å². The van der Waals surface area contributed by atoms with Crippen LogP contribution in [0.4, 0.5) is 10.1 Å². The lowest BCUT2D eigenvalue weighted by atomic mass is 10.2. The van der Waals surface area contributed by atoms with Crippen LogP contribution in [0.3, 0.4) is 0 Å². The molecular formula is C18H18FN3O5S. The van der Waals surface area contributed by atoms with Gasteiger partial charge >= 0.3 is 0 Å². The summed E-state index contributed by atoms with van der Waals surface area (Å²) >= 11 is 0. The van der Waals surface area contributed by atoms with Crippen LogP contribution in [0.1, 0.15) is 5.56 Å². The first-order valence-electron chi connectivity index (χ1n) is 8.30. The van der Waals surface area contributed by atoms with Crippen LogP contribution in [0.2, 0.25) is 0 Å². The fraction of sp³-hybridized carbons (Fsp3) is 0.222. The number of fused-ring (bicyclic) bond motifs is 1. The van der Waals surface area contributed by atoms with Gasteiger partial charge in [0.15, 0.2) is 6.61 Å². The van der Waals surface area contributed by atoms with E-state index in [9.17, 15) is 22.4 Å². The molecule has 0 spiro atoms. The van der Waals surface area contributed by atoms with Crippen molar-refractivity contribution in [1.82, 2.24) is 9.62 Å². The van der Waals surface area contributed by atoms with Crippen LogP contribution < -0.4 is 15.4 Å². The largest absolute Gasteiger partial charge is 0.482 e. The Labute approximate surface area is 161 Å². The van der Waals surface area contributed by atoms with Crippen LogP contribution in [0.15, 0.2) is 47.4 Å². The highest BCUT2D eigenvalue weighted by atomic mass is 32.2. The number of benzene rings is 2. The third-order valence-electron chi connectivity index (χ3n) is 4.06. The third-order valence-corrected chi connectivity index (χ3v) is 5.86. The average Bonchev–Trinajstić information content (AvgIpc) is 2.66. The van der Waals surface area contributed by atoms with Crippen molar-refractivity contribution in [3.8, 4) is 5.75 Å². The number of halogens is 1. The molecule has 28 heavy (non-hydrogen) atoms. The molecule has 1 aliphatic heterocycles. The number of hydrogen-bond donors (Lipinski definition) is 2. The second-order valence-corrected chi connectivity index (χ2v) is 8.20. The van der Waals surface area contributed by atoms with Crippen molar-refractivity contribution in [2.24, 2.45) is 0 Å². The van der Waals surface area contributed by atoms with Gasteiger partial charge in [-0.05, 0) is 35.9 Å². The van der Waals surface area contributed by atoms with Gasteiger partial charge in [-0.15, -0.1) is 0 Å². The molecule has 2 aromatic rings. The Morgan fingerprint density at radius 2 is 1.96 bits per heavy atom. The maximum atomic E-state index is 12.9. The molecule has 2 aromatic carbocycles. The number of anilines is 1. The van der Waals surface area contributed by atoms with Crippen LogP contribution in [0.25, 0.3) is 0 Å². The lowest BCUT2D eigenvalue weighted by Crippen LogP contribution is -2.38. The van der Waals surface area contributed by atoms with Gasteiger partial charge in [0.1, 0.15) is 11.6 Å². The van der Waals surface area contributed by atoms with E-state index in [2.05, 4.69) is 10.6 Å². The molecule has 8 nitrogen and oxygen atoms in total. The minimum Gasteiger partial charge on any atom is -0.482 e. The first-order chi connectivity index (χ1) is 13.3. The molecule has 0 fully saturated rings. The normalized spacial score (nSPS) is 13.5. The molecule has 2 N–H and O–H groups in total. The summed E-state index contributed by atoms with van der Waals surface area (Å²) in [5.74, 6) is -0.897. The van der Waals surface area contributed by atoms with Crippen molar-refractivity contribution in [2.75, 3.05) is 25.5 Å². The van der Waals surface area contributed by atoms with E-state index in [4.69, 9.17) is 4.74 Å². The summed E-state index contributed by atoms with van der Waals surface area (Å²) < 4.78 is 44.4. The van der Waals surface area contributed by atoms with Crippen molar-refractivity contribution < 1.29 is 27.1 Å². The quantitative estimate of drug-likeness (QED) is 0.746. The van der Waals surface area contributed by atoms with Crippen LogP contribution in [0.5, 0.6) is 5.75 Å². The zero-order valence-electron chi connectivity index (χ0n) is 14.9. The Kier molecular flexibility index (Phi) is 5.61. The van der Waals surface area contributed by atoms with Crippen molar-refractivity contribution in [2.45, 2.75) is 11.4 Å². The summed E-state index contributed by atoms with van der Waals surface area (Å²) in [6.45, 7) is -0.383. The number of amides is 2. The van der Waals surface area contributed by atoms with E-state index < -0.39 is 22.5 Å². The Hall–Kier alpha value is -2.98. The molecule has 0 aromatic heterocycles. The molecule has 0 bridgehead atoms. The molecule has 148 valence electrons. The number of nitrogens with zero attached hydrogens (tertiary/aromatic N) is 1. The summed E-state index contributed by atoms with van der Waals surface area (Å²) in [6, 6.07) is 9.68. The highest BCUT2D eigenvalue weighted by molar-refractivity contribution is 7.89. The first kappa shape index (κ1) is 19.8. The minimum atomic E-state index is -3.96. The Morgan fingerprint density at radius 1 is 1.25 bits per heavy atom. The van der Waals surface area contributed by atoms with Crippen LogP contribution >= 0.6 is 0 Å². The van der Waals surface area contributed by atoms with Gasteiger partial charge in [-0.2, -0.15) is 4.31 Å². The van der Waals surface area contributed by atoms with Gasteiger partial charge in [0.25, 0.3) is 5.91 Å². The van der Waals surface area contributed by atoms with Crippen molar-refractivity contribution in [3.05, 3.63) is 53.8 Å². The number of ether oxygens (including phenoxy) is 1. The predicted molar refractivity (Wildman–Crippen MR) is 98.6 cm³/mol. The molecule has 0 atom stereocenters. The molecule has 2 amide bonds. The summed E-state index contributed by atoms with van der Waals surface area (Å²) in [4.78, 5) is 23.4. The van der Waals surface area contributed by atoms with Gasteiger partial charge < -0.3 is 15.4 Å². The second kappa shape index (κ2) is 7.95. The molecule has 0 radical (unpaired) electrons. The van der Waals surface area contributed by atoms with E-state index in [0.717, 1.165) is 4.31 Å². The molecular weight excluding hydrogens is 389 g/mol. The monoisotopic (exact) mass is 407 g/mol. The molecule has 0 unspecified atom stereocenters. The van der Waals surface area contributed by atoms with Crippen molar-refractivity contribution in [1.29, 1.82) is 0 Å². The van der Waals surface area contributed by atoms with E-state index >= 15 is 0 Å². The number of carbonyl (C=O) groups is 2. The molecule has 1 aliphatic rings. The molecule has 0 saturated heterocycles. The van der Waals surface area contributed by atoms with Crippen molar-refractivity contribution in [3.63, 3.8) is 0 Å². The summed E-state index contributed by atoms with van der Waals surface area (Å²) in [6.07, 6.45) is 0. The number of nitrogens with one attached hydrogen (secondary N) is 2. The van der Waals surface area contributed by atoms with Gasteiger partial charge in [0.05, 0.1) is 17.1 Å². The van der Waals surface area contributed by atoms with Gasteiger partial charge in [-0.25, -0.2) is 12.8 Å². The lowest BCUT2D eigenvalue weighted by molar-refractivity contribution is -0.121. The van der Waals surface area contributed by atoms with Gasteiger partial charge in [-0.3, -0.25) is 9.59 Å². The summed E-state index contributed by atoms with van der Waals surface area (Å²) in [7, 11) is -2.68. The topological polar surface area (TPSA) is 105 Å². The Morgan fingerprint density at radius 3 is 2.68 bits per heavy atom. The third kappa shape index (κ3) is 4.46. The van der Waals surface area contributed by atoms with Gasteiger partial charge in [0.2, 0.25) is 15.9 Å². The fourth-order valence-corrected chi connectivity index (χ4v) is 3.70. The first-order valence-corrected chi connectivity index (χ1v) is 9.74. The number of hydrogen-bond acceptors (Lipinski definition) is 5. The average molecular weight is 407 g/mol. The van der Waals surface area contributed by atoms with E-state index in [1.807, 2.05) is 0 Å². The lowest BCUT2D eigenvalue weighted by Gasteiger charge is -2.21. The highest BCUT2D eigenvalue weighted by Crippen LogP contribution is 2.30. The Bertz CT molecular complexity index is 1010. The van der Waals surface area contributed by atoms with E-state index in [1.165, 1.54) is 49.5 Å². The molecule has 3 rings (SSSR count). The van der Waals surface area contributed by atoms with Crippen molar-refractivity contribution >= 4 is 27.5 Å². The van der Waals surface area contributed by atoms with Gasteiger partial charge in [-0.1, -0.05) is 12.1 Å². The summed E-state index contributed by atoms with van der Waals surface area (Å²) in [5, 5.41) is 5.13. The molecule has 0 saturated carbocycles. The smallest absolute Gasteiger partial charge is 0.262 e. The summed E-state index contributed by atoms with van der Waals surface area (Å²) in [5.41, 5.74) is 0.942. The highest BCUT2D eigenvalue weighted by Gasteiger charge is 2.25. The number of carbonyl (C=O) groups excluding carboxylic acids is 2.